The number of hydrogen-bond donors (Lipinski definition) is 2. The Hall–Kier alpha value is -1.13. The zero-order chi connectivity index (χ0) is 10.8. The fraction of sp³-hybridized carbons (Fsp3) is 0.455. The van der Waals surface area contributed by atoms with Gasteiger partial charge in [-0.05, 0) is 24.1 Å². The molecule has 15 heavy (non-hydrogen) atoms. The predicted molar refractivity (Wildman–Crippen MR) is 57.4 cm³/mol. The maximum Gasteiger partial charge on any atom is 0.125 e. The van der Waals surface area contributed by atoms with Gasteiger partial charge in [-0.3, -0.25) is 0 Å². The molecule has 0 spiro atoms. The minimum Gasteiger partial charge on any atom is -0.390 e. The van der Waals surface area contributed by atoms with E-state index < -0.39 is 6.10 Å². The molecule has 0 fully saturated rings. The molecular weight excluding hydrogens is 195 g/mol. The van der Waals surface area contributed by atoms with Gasteiger partial charge in [0.1, 0.15) is 5.82 Å². The van der Waals surface area contributed by atoms with Crippen molar-refractivity contribution in [3.63, 3.8) is 0 Å². The Bertz CT molecular complexity index is 356. The third-order valence-corrected chi connectivity index (χ3v) is 2.74. The number of β-amino-alcohol motifs (C(OH)–C–C–N with tert-alkyl or cyclic N) is 1. The summed E-state index contributed by atoms with van der Waals surface area (Å²) in [6.45, 7) is 1.55. The van der Waals surface area contributed by atoms with Crippen LogP contribution < -0.4 is 10.6 Å². The Balaban J connectivity index is 2.16. The van der Waals surface area contributed by atoms with Gasteiger partial charge >= 0.3 is 0 Å². The van der Waals surface area contributed by atoms with E-state index in [0.29, 0.717) is 6.54 Å². The molecule has 1 aromatic carbocycles. The minimum absolute atomic E-state index is 0.233. The van der Waals surface area contributed by atoms with Gasteiger partial charge in [-0.25, -0.2) is 4.39 Å². The lowest BCUT2D eigenvalue weighted by molar-refractivity contribution is 0.188. The third kappa shape index (κ3) is 2.11. The van der Waals surface area contributed by atoms with Crippen molar-refractivity contribution in [1.29, 1.82) is 0 Å². The Morgan fingerprint density at radius 2 is 2.33 bits per heavy atom. The number of aliphatic hydroxyl groups excluding tert-OH is 1. The first-order valence-corrected chi connectivity index (χ1v) is 5.12. The molecule has 1 aliphatic rings. The summed E-state index contributed by atoms with van der Waals surface area (Å²) in [7, 11) is 0. The fourth-order valence-corrected chi connectivity index (χ4v) is 1.94. The second-order valence-corrected chi connectivity index (χ2v) is 3.86. The van der Waals surface area contributed by atoms with Crippen LogP contribution in [0.25, 0.3) is 0 Å². The lowest BCUT2D eigenvalue weighted by atomic mass is 10.1. The van der Waals surface area contributed by atoms with Gasteiger partial charge in [0.05, 0.1) is 6.10 Å². The lowest BCUT2D eigenvalue weighted by Crippen LogP contribution is -2.35. The second-order valence-electron chi connectivity index (χ2n) is 3.86. The largest absolute Gasteiger partial charge is 0.390 e. The number of fused-ring (bicyclic) bond motifs is 1. The molecule has 4 heteroatoms. The van der Waals surface area contributed by atoms with Crippen LogP contribution in [0, 0.1) is 5.82 Å². The van der Waals surface area contributed by atoms with E-state index in [0.717, 1.165) is 24.2 Å². The summed E-state index contributed by atoms with van der Waals surface area (Å²) >= 11 is 0. The van der Waals surface area contributed by atoms with Crippen molar-refractivity contribution in [3.8, 4) is 0 Å². The van der Waals surface area contributed by atoms with Gasteiger partial charge in [0.2, 0.25) is 0 Å². The molecule has 0 saturated heterocycles. The van der Waals surface area contributed by atoms with Gasteiger partial charge in [-0.1, -0.05) is 6.07 Å². The zero-order valence-electron chi connectivity index (χ0n) is 8.49. The van der Waals surface area contributed by atoms with Crippen molar-refractivity contribution in [2.45, 2.75) is 12.5 Å². The van der Waals surface area contributed by atoms with E-state index in [4.69, 9.17) is 5.73 Å². The van der Waals surface area contributed by atoms with Crippen molar-refractivity contribution in [2.75, 3.05) is 24.5 Å². The van der Waals surface area contributed by atoms with Crippen LogP contribution >= 0.6 is 0 Å². The maximum absolute atomic E-state index is 13.0. The monoisotopic (exact) mass is 210 g/mol. The predicted octanol–water partition coefficient (Wildman–Crippen LogP) is 0.508. The van der Waals surface area contributed by atoms with E-state index in [1.54, 1.807) is 6.07 Å². The molecule has 0 radical (unpaired) electrons. The summed E-state index contributed by atoms with van der Waals surface area (Å²) in [6.07, 6.45) is 0.367. The average Bonchev–Trinajstić information content (AvgIpc) is 2.61. The number of halogens is 1. The molecule has 3 nitrogen and oxygen atoms in total. The number of nitrogens with zero attached hydrogens (tertiary/aromatic N) is 1. The molecule has 0 amide bonds. The second kappa shape index (κ2) is 4.16. The summed E-state index contributed by atoms with van der Waals surface area (Å²) < 4.78 is 13.0. The van der Waals surface area contributed by atoms with E-state index in [2.05, 4.69) is 0 Å². The molecule has 1 heterocycles. The van der Waals surface area contributed by atoms with Crippen molar-refractivity contribution >= 4 is 5.69 Å². The Kier molecular flexibility index (Phi) is 2.88. The standard InChI is InChI=1S/C11H15FN2O/c12-9-2-1-8-3-4-14(11(8)5-9)7-10(15)6-13/h1-2,5,10,15H,3-4,6-7,13H2. The topological polar surface area (TPSA) is 49.5 Å². The highest BCUT2D eigenvalue weighted by Crippen LogP contribution is 2.28. The Labute approximate surface area is 88.3 Å². The number of aliphatic hydroxyl groups is 1. The molecule has 2 rings (SSSR count). The molecule has 3 N–H and O–H groups in total. The summed E-state index contributed by atoms with van der Waals surface area (Å²) in [5.41, 5.74) is 7.38. The smallest absolute Gasteiger partial charge is 0.125 e. The molecule has 1 unspecified atom stereocenters. The van der Waals surface area contributed by atoms with Gasteiger partial charge in [0.25, 0.3) is 0 Å². The maximum atomic E-state index is 13.0. The van der Waals surface area contributed by atoms with Crippen LogP contribution in [0.15, 0.2) is 18.2 Å². The van der Waals surface area contributed by atoms with Crippen molar-refractivity contribution in [3.05, 3.63) is 29.6 Å². The van der Waals surface area contributed by atoms with Crippen LogP contribution in [0.1, 0.15) is 5.56 Å². The normalized spacial score (nSPS) is 16.6. The summed E-state index contributed by atoms with van der Waals surface area (Å²) in [5, 5.41) is 9.45. The number of anilines is 1. The lowest BCUT2D eigenvalue weighted by Gasteiger charge is -2.22. The van der Waals surface area contributed by atoms with Crippen LogP contribution in [0.5, 0.6) is 0 Å². The van der Waals surface area contributed by atoms with Gasteiger partial charge < -0.3 is 15.7 Å². The molecule has 0 aromatic heterocycles. The van der Waals surface area contributed by atoms with Crippen LogP contribution in [0.2, 0.25) is 0 Å². The Morgan fingerprint density at radius 1 is 1.53 bits per heavy atom. The average molecular weight is 210 g/mol. The highest BCUT2D eigenvalue weighted by molar-refractivity contribution is 5.58. The van der Waals surface area contributed by atoms with Crippen LogP contribution in [0.3, 0.4) is 0 Å². The molecule has 0 aliphatic carbocycles. The van der Waals surface area contributed by atoms with E-state index in [1.807, 2.05) is 4.90 Å². The quantitative estimate of drug-likeness (QED) is 0.764. The van der Waals surface area contributed by atoms with E-state index in [1.165, 1.54) is 12.1 Å². The molecule has 1 aliphatic heterocycles. The van der Waals surface area contributed by atoms with Gasteiger partial charge in [-0.15, -0.1) is 0 Å². The number of rotatable bonds is 3. The molecule has 1 atom stereocenters. The first-order valence-electron chi connectivity index (χ1n) is 5.12. The third-order valence-electron chi connectivity index (χ3n) is 2.74. The summed E-state index contributed by atoms with van der Waals surface area (Å²) in [6, 6.07) is 4.80. The number of hydrogen-bond acceptors (Lipinski definition) is 3. The van der Waals surface area contributed by atoms with Crippen LogP contribution in [-0.2, 0) is 6.42 Å². The van der Waals surface area contributed by atoms with E-state index >= 15 is 0 Å². The molecular formula is C11H15FN2O. The van der Waals surface area contributed by atoms with E-state index in [-0.39, 0.29) is 12.4 Å². The van der Waals surface area contributed by atoms with Crippen molar-refractivity contribution < 1.29 is 9.50 Å². The molecule has 82 valence electrons. The van der Waals surface area contributed by atoms with Gasteiger partial charge in [-0.2, -0.15) is 0 Å². The Morgan fingerprint density at radius 3 is 3.07 bits per heavy atom. The number of nitrogens with two attached hydrogens (primary N) is 1. The molecule has 0 saturated carbocycles. The molecule has 1 aromatic rings. The zero-order valence-corrected chi connectivity index (χ0v) is 8.49. The van der Waals surface area contributed by atoms with Crippen molar-refractivity contribution in [2.24, 2.45) is 5.73 Å². The highest BCUT2D eigenvalue weighted by Gasteiger charge is 2.21. The summed E-state index contributed by atoms with van der Waals surface area (Å²) in [4.78, 5) is 1.98. The van der Waals surface area contributed by atoms with Gasteiger partial charge in [0, 0.05) is 25.3 Å². The fourth-order valence-electron chi connectivity index (χ4n) is 1.94. The first-order chi connectivity index (χ1) is 7.20. The minimum atomic E-state index is -0.542. The van der Waals surface area contributed by atoms with Crippen LogP contribution in [0.4, 0.5) is 10.1 Å². The van der Waals surface area contributed by atoms with Crippen LogP contribution in [-0.4, -0.2) is 30.8 Å². The van der Waals surface area contributed by atoms with Crippen molar-refractivity contribution in [1.82, 2.24) is 0 Å². The van der Waals surface area contributed by atoms with Gasteiger partial charge in [0.15, 0.2) is 0 Å². The first kappa shape index (κ1) is 10.4. The SMILES string of the molecule is NCC(O)CN1CCc2ccc(F)cc21. The summed E-state index contributed by atoms with van der Waals surface area (Å²) in [5.74, 6) is -0.233. The molecule has 0 bridgehead atoms. The van der Waals surface area contributed by atoms with E-state index in [9.17, 15) is 9.50 Å². The highest BCUT2D eigenvalue weighted by atomic mass is 19.1. The number of benzene rings is 1.